The fraction of sp³-hybridized carbons (Fsp3) is 0.464. The monoisotopic (exact) mass is 478 g/mol. The second-order valence-electron chi connectivity index (χ2n) is 10.6. The van der Waals surface area contributed by atoms with Gasteiger partial charge in [0, 0.05) is 12.0 Å². The zero-order chi connectivity index (χ0) is 25.2. The molecule has 1 unspecified atom stereocenters. The molecule has 35 heavy (non-hydrogen) atoms. The van der Waals surface area contributed by atoms with Crippen LogP contribution in [0.1, 0.15) is 63.5 Å². The van der Waals surface area contributed by atoms with Crippen LogP contribution in [0.5, 0.6) is 0 Å². The molecule has 2 aromatic rings. The minimum absolute atomic E-state index is 0.0401. The lowest BCUT2D eigenvalue weighted by molar-refractivity contribution is -0.146. The number of hydrogen-bond acceptors (Lipinski definition) is 4. The molecule has 4 rings (SSSR count). The number of nitrogens with one attached hydrogen (secondary N) is 2. The van der Waals surface area contributed by atoms with Crippen LogP contribution in [0.3, 0.4) is 0 Å². The minimum atomic E-state index is -1.07. The van der Waals surface area contributed by atoms with Gasteiger partial charge >= 0.3 is 12.1 Å². The smallest absolute Gasteiger partial charge is 0.407 e. The summed E-state index contributed by atoms with van der Waals surface area (Å²) in [5.74, 6) is -1.94. The topological polar surface area (TPSA) is 105 Å². The number of alkyl carbamates (subject to hydrolysis) is 1. The van der Waals surface area contributed by atoms with Crippen LogP contribution < -0.4 is 10.6 Å². The van der Waals surface area contributed by atoms with Gasteiger partial charge in [0.1, 0.15) is 12.6 Å². The summed E-state index contributed by atoms with van der Waals surface area (Å²) in [6.45, 7) is 5.53. The Labute approximate surface area is 206 Å². The van der Waals surface area contributed by atoms with Crippen LogP contribution in [0.25, 0.3) is 11.1 Å². The number of aliphatic carboxylic acids is 1. The van der Waals surface area contributed by atoms with Crippen molar-refractivity contribution in [3.05, 3.63) is 59.7 Å². The summed E-state index contributed by atoms with van der Waals surface area (Å²) < 4.78 is 5.67. The second kappa shape index (κ2) is 10.1. The molecular weight excluding hydrogens is 444 g/mol. The van der Waals surface area contributed by atoms with Crippen molar-refractivity contribution < 1.29 is 24.2 Å². The lowest BCUT2D eigenvalue weighted by atomic mass is 9.82. The van der Waals surface area contributed by atoms with Crippen LogP contribution in [-0.4, -0.2) is 41.8 Å². The van der Waals surface area contributed by atoms with Crippen molar-refractivity contribution in [1.29, 1.82) is 0 Å². The first-order valence-corrected chi connectivity index (χ1v) is 12.3. The molecule has 7 heteroatoms. The number of carbonyl (C=O) groups excluding carboxylic acids is 2. The molecule has 0 aliphatic heterocycles. The third-order valence-corrected chi connectivity index (χ3v) is 7.15. The molecule has 3 N–H and O–H groups in total. The van der Waals surface area contributed by atoms with E-state index in [9.17, 15) is 19.5 Å². The zero-order valence-corrected chi connectivity index (χ0v) is 20.5. The van der Waals surface area contributed by atoms with E-state index in [-0.39, 0.29) is 18.4 Å². The van der Waals surface area contributed by atoms with Crippen LogP contribution in [-0.2, 0) is 14.3 Å². The lowest BCUT2D eigenvalue weighted by Gasteiger charge is -2.34. The van der Waals surface area contributed by atoms with Crippen molar-refractivity contribution in [3.8, 4) is 11.1 Å². The Kier molecular flexibility index (Phi) is 7.15. The van der Waals surface area contributed by atoms with Gasteiger partial charge in [-0.25, -0.2) is 9.59 Å². The molecule has 186 valence electrons. The number of carboxylic acid groups (broad SMARTS) is 1. The van der Waals surface area contributed by atoms with Gasteiger partial charge in [-0.15, -0.1) is 0 Å². The third-order valence-electron chi connectivity index (χ3n) is 7.15. The molecule has 1 fully saturated rings. The summed E-state index contributed by atoms with van der Waals surface area (Å²) in [5.41, 5.74) is 3.96. The molecule has 0 bridgehead atoms. The molecule has 1 saturated carbocycles. The van der Waals surface area contributed by atoms with Gasteiger partial charge < -0.3 is 20.5 Å². The van der Waals surface area contributed by atoms with E-state index >= 15 is 0 Å². The summed E-state index contributed by atoms with van der Waals surface area (Å²) >= 11 is 0. The first-order valence-electron chi connectivity index (χ1n) is 12.3. The molecule has 0 saturated heterocycles. The van der Waals surface area contributed by atoms with E-state index in [2.05, 4.69) is 34.9 Å². The van der Waals surface area contributed by atoms with Gasteiger partial charge in [0.2, 0.25) is 5.91 Å². The van der Waals surface area contributed by atoms with Crippen molar-refractivity contribution in [1.82, 2.24) is 10.6 Å². The van der Waals surface area contributed by atoms with Crippen LogP contribution >= 0.6 is 0 Å². The maximum Gasteiger partial charge on any atom is 0.407 e. The molecule has 0 heterocycles. The number of amides is 2. The number of carboxylic acids is 1. The highest BCUT2D eigenvalue weighted by molar-refractivity contribution is 5.86. The molecule has 0 aromatic heterocycles. The summed E-state index contributed by atoms with van der Waals surface area (Å²) in [6.07, 6.45) is 2.43. The Morgan fingerprint density at radius 2 is 1.54 bits per heavy atom. The van der Waals surface area contributed by atoms with Gasteiger partial charge in [-0.3, -0.25) is 4.79 Å². The Morgan fingerprint density at radius 3 is 2.11 bits per heavy atom. The van der Waals surface area contributed by atoms with Gasteiger partial charge in [-0.1, -0.05) is 82.1 Å². The number of rotatable bonds is 6. The van der Waals surface area contributed by atoms with Gasteiger partial charge in [-0.2, -0.15) is 0 Å². The van der Waals surface area contributed by atoms with Gasteiger partial charge in [0.25, 0.3) is 0 Å². The number of carbonyl (C=O) groups is 3. The Balaban J connectivity index is 1.40. The molecule has 2 aliphatic carbocycles. The van der Waals surface area contributed by atoms with Crippen LogP contribution in [0.4, 0.5) is 4.79 Å². The fourth-order valence-corrected chi connectivity index (χ4v) is 5.31. The largest absolute Gasteiger partial charge is 0.480 e. The van der Waals surface area contributed by atoms with E-state index in [4.69, 9.17) is 4.74 Å². The minimum Gasteiger partial charge on any atom is -0.480 e. The number of ether oxygens (including phenoxy) is 1. The van der Waals surface area contributed by atoms with Crippen molar-refractivity contribution in [2.75, 3.05) is 6.61 Å². The van der Waals surface area contributed by atoms with Crippen molar-refractivity contribution in [2.45, 2.75) is 64.5 Å². The lowest BCUT2D eigenvalue weighted by Crippen LogP contribution is -2.55. The van der Waals surface area contributed by atoms with Gasteiger partial charge in [0.05, 0.1) is 5.92 Å². The van der Waals surface area contributed by atoms with Crippen LogP contribution in [0.2, 0.25) is 0 Å². The van der Waals surface area contributed by atoms with Crippen LogP contribution in [0, 0.1) is 11.3 Å². The van der Waals surface area contributed by atoms with E-state index in [1.165, 1.54) is 0 Å². The number of benzene rings is 2. The molecular formula is C28H34N2O5. The van der Waals surface area contributed by atoms with Crippen LogP contribution in [0.15, 0.2) is 48.5 Å². The first kappa shape index (κ1) is 24.8. The Morgan fingerprint density at radius 1 is 0.971 bits per heavy atom. The van der Waals surface area contributed by atoms with E-state index in [0.29, 0.717) is 12.8 Å². The molecule has 2 amide bonds. The quantitative estimate of drug-likeness (QED) is 0.558. The number of hydrogen-bond donors (Lipinski definition) is 3. The summed E-state index contributed by atoms with van der Waals surface area (Å²) in [4.78, 5) is 37.5. The van der Waals surface area contributed by atoms with Gasteiger partial charge in [0.15, 0.2) is 0 Å². The average Bonchev–Trinajstić information content (AvgIpc) is 3.14. The summed E-state index contributed by atoms with van der Waals surface area (Å²) in [5, 5.41) is 15.2. The zero-order valence-electron chi connectivity index (χ0n) is 20.5. The maximum atomic E-state index is 13.0. The van der Waals surface area contributed by atoms with E-state index in [0.717, 1.165) is 35.1 Å². The van der Waals surface area contributed by atoms with Crippen molar-refractivity contribution in [2.24, 2.45) is 11.3 Å². The highest BCUT2D eigenvalue weighted by atomic mass is 16.5. The normalized spacial score (nSPS) is 20.3. The standard InChI is InChI=1S/C28H34N2O5/c1-28(2,3)24(26(32)33)30-25(31)21-14-8-9-15-23(21)29-27(34)35-16-22-19-12-6-4-10-17(19)18-11-5-7-13-20(18)22/h4-7,10-13,21-24H,8-9,14-16H2,1-3H3,(H,29,34)(H,30,31)(H,32,33)/t21-,23+,24?/m1/s1. The molecule has 7 nitrogen and oxygen atoms in total. The van der Waals surface area contributed by atoms with E-state index < -0.39 is 35.5 Å². The summed E-state index contributed by atoms with van der Waals surface area (Å²) in [6, 6.07) is 14.9. The maximum absolute atomic E-state index is 13.0. The highest BCUT2D eigenvalue weighted by Crippen LogP contribution is 2.44. The second-order valence-corrected chi connectivity index (χ2v) is 10.6. The van der Waals surface area contributed by atoms with Gasteiger partial charge in [-0.05, 0) is 40.5 Å². The molecule has 3 atom stereocenters. The fourth-order valence-electron chi connectivity index (χ4n) is 5.31. The Bertz CT molecular complexity index is 1060. The first-order chi connectivity index (χ1) is 16.7. The Hall–Kier alpha value is -3.35. The molecule has 2 aliphatic rings. The third kappa shape index (κ3) is 5.34. The highest BCUT2D eigenvalue weighted by Gasteiger charge is 2.38. The molecule has 2 aromatic carbocycles. The molecule has 0 radical (unpaired) electrons. The summed E-state index contributed by atoms with van der Waals surface area (Å²) in [7, 11) is 0. The van der Waals surface area contributed by atoms with E-state index in [1.54, 1.807) is 20.8 Å². The number of fused-ring (bicyclic) bond motifs is 3. The predicted octanol–water partition coefficient (Wildman–Crippen LogP) is 4.70. The van der Waals surface area contributed by atoms with Crippen molar-refractivity contribution in [3.63, 3.8) is 0 Å². The predicted molar refractivity (Wildman–Crippen MR) is 133 cm³/mol. The van der Waals surface area contributed by atoms with E-state index in [1.807, 2.05) is 24.3 Å². The average molecular weight is 479 g/mol. The van der Waals surface area contributed by atoms with Crippen molar-refractivity contribution >= 4 is 18.0 Å². The molecule has 0 spiro atoms. The SMILES string of the molecule is CC(C)(C)C(NC(=O)[C@@H]1CCCC[C@@H]1NC(=O)OCC1c2ccccc2-c2ccccc21)C(=O)O.